The maximum atomic E-state index is 13.2. The van der Waals surface area contributed by atoms with Crippen LogP contribution in [0.1, 0.15) is 48.0 Å². The first-order valence-corrected chi connectivity index (χ1v) is 11.5. The van der Waals surface area contributed by atoms with Crippen LogP contribution < -0.4 is 0 Å². The van der Waals surface area contributed by atoms with Crippen molar-refractivity contribution >= 4 is 15.9 Å². The molecule has 2 fully saturated rings. The first-order valence-electron chi connectivity index (χ1n) is 10.1. The van der Waals surface area contributed by atoms with Gasteiger partial charge in [-0.3, -0.25) is 4.79 Å². The van der Waals surface area contributed by atoms with Gasteiger partial charge < -0.3 is 4.90 Å². The van der Waals surface area contributed by atoms with E-state index >= 15 is 0 Å². The number of halogens is 1. The fourth-order valence-electron chi connectivity index (χ4n) is 3.73. The van der Waals surface area contributed by atoms with E-state index < -0.39 is 10.0 Å². The molecule has 4 rings (SSSR count). The van der Waals surface area contributed by atoms with Crippen LogP contribution in [0.3, 0.4) is 0 Å². The quantitative estimate of drug-likeness (QED) is 0.720. The van der Waals surface area contributed by atoms with Crippen LogP contribution in [-0.2, 0) is 16.6 Å². The molecule has 0 bridgehead atoms. The normalized spacial score (nSPS) is 17.8. The lowest BCUT2D eigenvalue weighted by atomic mass is 10.1. The van der Waals surface area contributed by atoms with E-state index in [1.807, 2.05) is 0 Å². The second-order valence-electron chi connectivity index (χ2n) is 7.78. The Morgan fingerprint density at radius 2 is 1.59 bits per heavy atom. The fraction of sp³-hybridized carbons (Fsp3) is 0.409. The average Bonchev–Trinajstić information content (AvgIpc) is 3.59. The van der Waals surface area contributed by atoms with Gasteiger partial charge in [0.2, 0.25) is 10.0 Å². The van der Waals surface area contributed by atoms with E-state index in [1.165, 1.54) is 28.6 Å². The summed E-state index contributed by atoms with van der Waals surface area (Å²) in [6.45, 7) is 1.52. The highest BCUT2D eigenvalue weighted by Crippen LogP contribution is 2.30. The number of amides is 1. The number of hydrogen-bond acceptors (Lipinski definition) is 3. The van der Waals surface area contributed by atoms with Crippen molar-refractivity contribution in [2.45, 2.75) is 49.6 Å². The van der Waals surface area contributed by atoms with E-state index in [4.69, 9.17) is 0 Å². The second kappa shape index (κ2) is 8.24. The van der Waals surface area contributed by atoms with Crippen molar-refractivity contribution in [3.63, 3.8) is 0 Å². The van der Waals surface area contributed by atoms with Gasteiger partial charge in [-0.25, -0.2) is 12.8 Å². The Morgan fingerprint density at radius 3 is 2.17 bits per heavy atom. The molecule has 1 saturated carbocycles. The summed E-state index contributed by atoms with van der Waals surface area (Å²) < 4.78 is 40.3. The van der Waals surface area contributed by atoms with Crippen molar-refractivity contribution in [1.29, 1.82) is 0 Å². The maximum absolute atomic E-state index is 13.2. The van der Waals surface area contributed by atoms with Crippen molar-refractivity contribution in [1.82, 2.24) is 9.21 Å². The molecule has 0 atom stereocenters. The second-order valence-corrected chi connectivity index (χ2v) is 9.72. The predicted molar refractivity (Wildman–Crippen MR) is 108 cm³/mol. The van der Waals surface area contributed by atoms with Gasteiger partial charge in [0.15, 0.2) is 0 Å². The molecule has 0 spiro atoms. The molecule has 5 nitrogen and oxygen atoms in total. The van der Waals surface area contributed by atoms with Crippen LogP contribution >= 0.6 is 0 Å². The molecule has 2 aromatic carbocycles. The van der Waals surface area contributed by atoms with E-state index in [2.05, 4.69) is 0 Å². The Bertz CT molecular complexity index is 964. The summed E-state index contributed by atoms with van der Waals surface area (Å²) in [6.07, 6.45) is 4.73. The molecule has 1 amide bonds. The van der Waals surface area contributed by atoms with E-state index in [0.29, 0.717) is 25.2 Å². The van der Waals surface area contributed by atoms with Crippen molar-refractivity contribution in [2.24, 2.45) is 0 Å². The third-order valence-electron chi connectivity index (χ3n) is 5.57. The number of sulfonamides is 1. The molecule has 29 heavy (non-hydrogen) atoms. The zero-order valence-electron chi connectivity index (χ0n) is 16.3. The molecule has 0 unspecified atom stereocenters. The highest BCUT2D eigenvalue weighted by molar-refractivity contribution is 7.89. The molecule has 154 valence electrons. The SMILES string of the molecule is O=C(c1ccc(S(=O)(=O)N2CCCCC2)cc1)N(Cc1ccc(F)cc1)C1CC1. The zero-order valence-corrected chi connectivity index (χ0v) is 17.1. The summed E-state index contributed by atoms with van der Waals surface area (Å²) in [4.78, 5) is 15.1. The van der Waals surface area contributed by atoms with Gasteiger partial charge in [0.1, 0.15) is 5.82 Å². The summed E-state index contributed by atoms with van der Waals surface area (Å²) >= 11 is 0. The van der Waals surface area contributed by atoms with Crippen LogP contribution in [-0.4, -0.2) is 42.7 Å². The minimum atomic E-state index is -3.51. The molecule has 1 saturated heterocycles. The minimum absolute atomic E-state index is 0.126. The predicted octanol–water partition coefficient (Wildman–Crippen LogP) is 3.81. The van der Waals surface area contributed by atoms with Crippen molar-refractivity contribution in [2.75, 3.05) is 13.1 Å². The van der Waals surface area contributed by atoms with Gasteiger partial charge in [0.25, 0.3) is 5.91 Å². The van der Waals surface area contributed by atoms with Gasteiger partial charge in [-0.1, -0.05) is 18.6 Å². The molecule has 1 aliphatic heterocycles. The minimum Gasteiger partial charge on any atom is -0.331 e. The van der Waals surface area contributed by atoms with Gasteiger partial charge in [-0.2, -0.15) is 4.31 Å². The van der Waals surface area contributed by atoms with Crippen LogP contribution in [0.2, 0.25) is 0 Å². The Balaban J connectivity index is 1.51. The fourth-order valence-corrected chi connectivity index (χ4v) is 5.25. The van der Waals surface area contributed by atoms with Crippen LogP contribution in [0, 0.1) is 5.82 Å². The number of carbonyl (C=O) groups is 1. The number of hydrogen-bond donors (Lipinski definition) is 0. The van der Waals surface area contributed by atoms with Crippen molar-refractivity contribution < 1.29 is 17.6 Å². The maximum Gasteiger partial charge on any atom is 0.254 e. The largest absolute Gasteiger partial charge is 0.331 e. The highest BCUT2D eigenvalue weighted by atomic mass is 32.2. The third kappa shape index (κ3) is 4.51. The van der Waals surface area contributed by atoms with Crippen LogP contribution in [0.25, 0.3) is 0 Å². The molecular formula is C22H25FN2O3S. The van der Waals surface area contributed by atoms with Gasteiger partial charge in [0, 0.05) is 31.2 Å². The average molecular weight is 417 g/mol. The van der Waals surface area contributed by atoms with Crippen LogP contribution in [0.5, 0.6) is 0 Å². The van der Waals surface area contributed by atoms with E-state index in [9.17, 15) is 17.6 Å². The van der Waals surface area contributed by atoms with Gasteiger partial charge in [0.05, 0.1) is 4.90 Å². The lowest BCUT2D eigenvalue weighted by molar-refractivity contribution is 0.0730. The molecule has 7 heteroatoms. The Kier molecular flexibility index (Phi) is 5.69. The smallest absolute Gasteiger partial charge is 0.254 e. The summed E-state index contributed by atoms with van der Waals surface area (Å²) in [5.41, 5.74) is 1.34. The highest BCUT2D eigenvalue weighted by Gasteiger charge is 2.33. The number of carbonyl (C=O) groups excluding carboxylic acids is 1. The van der Waals surface area contributed by atoms with Crippen LogP contribution in [0.15, 0.2) is 53.4 Å². The molecule has 0 radical (unpaired) electrons. The van der Waals surface area contributed by atoms with Crippen LogP contribution in [0.4, 0.5) is 4.39 Å². The van der Waals surface area contributed by atoms with Crippen molar-refractivity contribution in [3.8, 4) is 0 Å². The van der Waals surface area contributed by atoms with E-state index in [0.717, 1.165) is 37.7 Å². The first kappa shape index (κ1) is 20.0. The summed E-state index contributed by atoms with van der Waals surface area (Å²) in [5.74, 6) is -0.428. The lowest BCUT2D eigenvalue weighted by Crippen LogP contribution is -2.35. The Labute approximate surface area is 171 Å². The number of benzene rings is 2. The molecule has 2 aromatic rings. The molecule has 1 aliphatic carbocycles. The number of piperidine rings is 1. The molecular weight excluding hydrogens is 391 g/mol. The molecule has 0 aromatic heterocycles. The molecule has 1 heterocycles. The van der Waals surface area contributed by atoms with E-state index in [1.54, 1.807) is 29.2 Å². The summed E-state index contributed by atoms with van der Waals surface area (Å²) in [6, 6.07) is 12.6. The molecule has 2 aliphatic rings. The Hall–Kier alpha value is -2.25. The van der Waals surface area contributed by atoms with Gasteiger partial charge >= 0.3 is 0 Å². The Morgan fingerprint density at radius 1 is 0.966 bits per heavy atom. The lowest BCUT2D eigenvalue weighted by Gasteiger charge is -2.26. The van der Waals surface area contributed by atoms with Crippen molar-refractivity contribution in [3.05, 3.63) is 65.5 Å². The van der Waals surface area contributed by atoms with Gasteiger partial charge in [-0.15, -0.1) is 0 Å². The van der Waals surface area contributed by atoms with E-state index in [-0.39, 0.29) is 22.7 Å². The summed E-state index contributed by atoms with van der Waals surface area (Å²) in [7, 11) is -3.51. The topological polar surface area (TPSA) is 57.7 Å². The third-order valence-corrected chi connectivity index (χ3v) is 7.48. The van der Waals surface area contributed by atoms with Gasteiger partial charge in [-0.05, 0) is 67.6 Å². The zero-order chi connectivity index (χ0) is 20.4. The number of nitrogens with zero attached hydrogens (tertiary/aromatic N) is 2. The standard InChI is InChI=1S/C22H25FN2O3S/c23-19-8-4-17(5-9-19)16-25(20-10-11-20)22(26)18-6-12-21(13-7-18)29(27,28)24-14-2-1-3-15-24/h4-9,12-13,20H,1-3,10-11,14-16H2. The number of rotatable bonds is 6. The summed E-state index contributed by atoms with van der Waals surface area (Å²) in [5, 5.41) is 0. The monoisotopic (exact) mass is 416 g/mol. The molecule has 0 N–H and O–H groups in total. The first-order chi connectivity index (χ1) is 13.9.